The fourth-order valence-corrected chi connectivity index (χ4v) is 3.66. The minimum absolute atomic E-state index is 0.0665. The van der Waals surface area contributed by atoms with Crippen LogP contribution in [0.15, 0.2) is 48.5 Å². The topological polar surface area (TPSA) is 32.3 Å². The van der Waals surface area contributed by atoms with Gasteiger partial charge in [-0.3, -0.25) is 4.79 Å². The maximum absolute atomic E-state index is 13.1. The average Bonchev–Trinajstić information content (AvgIpc) is 3.27. The van der Waals surface area contributed by atoms with Gasteiger partial charge in [0.1, 0.15) is 5.82 Å². The third kappa shape index (κ3) is 3.26. The smallest absolute Gasteiger partial charge is 0.251 e. The molecular formula is C21H23FN2O. The zero-order valence-corrected chi connectivity index (χ0v) is 14.5. The summed E-state index contributed by atoms with van der Waals surface area (Å²) in [6, 6.07) is 14.3. The van der Waals surface area contributed by atoms with Gasteiger partial charge in [0.15, 0.2) is 0 Å². The molecule has 1 aliphatic carbocycles. The van der Waals surface area contributed by atoms with Crippen LogP contribution in [-0.4, -0.2) is 19.0 Å². The van der Waals surface area contributed by atoms with E-state index in [9.17, 15) is 9.18 Å². The minimum atomic E-state index is -0.326. The van der Waals surface area contributed by atoms with E-state index < -0.39 is 0 Å². The fraction of sp³-hybridized carbons (Fsp3) is 0.381. The summed E-state index contributed by atoms with van der Waals surface area (Å²) in [4.78, 5) is 15.0. The Morgan fingerprint density at radius 3 is 2.36 bits per heavy atom. The first-order valence-electron chi connectivity index (χ1n) is 8.99. The highest BCUT2D eigenvalue weighted by Gasteiger charge is 2.45. The second-order valence-electron chi connectivity index (χ2n) is 7.43. The van der Waals surface area contributed by atoms with Crippen molar-refractivity contribution in [3.63, 3.8) is 0 Å². The molecule has 4 heteroatoms. The molecular weight excluding hydrogens is 315 g/mol. The number of hydrogen-bond donors (Lipinski definition) is 1. The largest absolute Gasteiger partial charge is 0.371 e. The van der Waals surface area contributed by atoms with Crippen molar-refractivity contribution in [1.29, 1.82) is 0 Å². The van der Waals surface area contributed by atoms with Crippen LogP contribution in [0.3, 0.4) is 0 Å². The van der Waals surface area contributed by atoms with Gasteiger partial charge in [0.05, 0.1) is 5.54 Å². The van der Waals surface area contributed by atoms with Gasteiger partial charge in [0, 0.05) is 24.3 Å². The van der Waals surface area contributed by atoms with E-state index in [1.54, 1.807) is 12.1 Å². The summed E-state index contributed by atoms with van der Waals surface area (Å²) in [6.07, 6.45) is 3.02. The molecule has 4 rings (SSSR count). The third-order valence-corrected chi connectivity index (χ3v) is 5.42. The number of carbonyl (C=O) groups excluding carboxylic acids is 1. The normalized spacial score (nSPS) is 21.2. The first-order valence-corrected chi connectivity index (χ1v) is 8.99. The predicted molar refractivity (Wildman–Crippen MR) is 97.2 cm³/mol. The average molecular weight is 338 g/mol. The van der Waals surface area contributed by atoms with Crippen molar-refractivity contribution in [3.8, 4) is 0 Å². The predicted octanol–water partition coefficient (Wildman–Crippen LogP) is 4.09. The first-order chi connectivity index (χ1) is 12.1. The van der Waals surface area contributed by atoms with E-state index >= 15 is 0 Å². The maximum Gasteiger partial charge on any atom is 0.251 e. The molecule has 0 aromatic heterocycles. The van der Waals surface area contributed by atoms with E-state index in [0.29, 0.717) is 5.56 Å². The van der Waals surface area contributed by atoms with Crippen LogP contribution in [0.4, 0.5) is 10.1 Å². The van der Waals surface area contributed by atoms with Crippen molar-refractivity contribution in [2.45, 2.75) is 31.7 Å². The minimum Gasteiger partial charge on any atom is -0.371 e. The molecule has 1 aliphatic heterocycles. The number of anilines is 1. The summed E-state index contributed by atoms with van der Waals surface area (Å²) in [5.74, 6) is 0.411. The second-order valence-corrected chi connectivity index (χ2v) is 7.43. The Morgan fingerprint density at radius 2 is 1.80 bits per heavy atom. The van der Waals surface area contributed by atoms with Gasteiger partial charge in [0.25, 0.3) is 5.91 Å². The van der Waals surface area contributed by atoms with E-state index in [2.05, 4.69) is 17.1 Å². The number of hydrogen-bond acceptors (Lipinski definition) is 2. The molecule has 1 saturated carbocycles. The highest BCUT2D eigenvalue weighted by molar-refractivity contribution is 5.95. The number of nitrogens with one attached hydrogen (secondary N) is 1. The number of amides is 1. The SMILES string of the molecule is CC1CCN(c2ccc(C(=O)NC3(c4ccc(F)cc4)CC3)cc2)C1. The summed E-state index contributed by atoms with van der Waals surface area (Å²) in [5.41, 5.74) is 2.50. The van der Waals surface area contributed by atoms with Crippen molar-refractivity contribution in [3.05, 3.63) is 65.5 Å². The summed E-state index contributed by atoms with van der Waals surface area (Å²) in [6.45, 7) is 4.44. The lowest BCUT2D eigenvalue weighted by Crippen LogP contribution is -2.34. The Hall–Kier alpha value is -2.36. The molecule has 0 radical (unpaired) electrons. The molecule has 2 aromatic carbocycles. The van der Waals surface area contributed by atoms with Gasteiger partial charge >= 0.3 is 0 Å². The molecule has 1 heterocycles. The summed E-state index contributed by atoms with van der Waals surface area (Å²) in [5, 5.41) is 3.14. The number of halogens is 1. The molecule has 1 amide bonds. The molecule has 25 heavy (non-hydrogen) atoms. The van der Waals surface area contributed by atoms with Crippen LogP contribution in [0, 0.1) is 11.7 Å². The fourth-order valence-electron chi connectivity index (χ4n) is 3.66. The van der Waals surface area contributed by atoms with E-state index in [1.807, 2.05) is 24.3 Å². The Balaban J connectivity index is 1.45. The van der Waals surface area contributed by atoms with Crippen LogP contribution in [0.25, 0.3) is 0 Å². The van der Waals surface area contributed by atoms with Crippen LogP contribution < -0.4 is 10.2 Å². The van der Waals surface area contributed by atoms with Crippen molar-refractivity contribution in [2.75, 3.05) is 18.0 Å². The highest BCUT2D eigenvalue weighted by atomic mass is 19.1. The molecule has 3 nitrogen and oxygen atoms in total. The Bertz CT molecular complexity index is 765. The zero-order chi connectivity index (χ0) is 17.4. The van der Waals surface area contributed by atoms with E-state index in [0.717, 1.165) is 37.4 Å². The van der Waals surface area contributed by atoms with Gasteiger partial charge in [-0.25, -0.2) is 4.39 Å². The Morgan fingerprint density at radius 1 is 1.12 bits per heavy atom. The summed E-state index contributed by atoms with van der Waals surface area (Å²) < 4.78 is 13.1. The van der Waals surface area contributed by atoms with Gasteiger partial charge in [-0.15, -0.1) is 0 Å². The molecule has 130 valence electrons. The van der Waals surface area contributed by atoms with Gasteiger partial charge < -0.3 is 10.2 Å². The third-order valence-electron chi connectivity index (χ3n) is 5.42. The molecule has 0 bridgehead atoms. The lowest BCUT2D eigenvalue weighted by molar-refractivity contribution is 0.0931. The van der Waals surface area contributed by atoms with Gasteiger partial charge in [0.2, 0.25) is 0 Å². The number of carbonyl (C=O) groups is 1. The number of benzene rings is 2. The molecule has 2 fully saturated rings. The Labute approximate surface area is 147 Å². The first kappa shape index (κ1) is 16.1. The van der Waals surface area contributed by atoms with Crippen LogP contribution in [-0.2, 0) is 5.54 Å². The Kier molecular flexibility index (Phi) is 3.98. The molecule has 1 unspecified atom stereocenters. The van der Waals surface area contributed by atoms with E-state index in [4.69, 9.17) is 0 Å². The van der Waals surface area contributed by atoms with Crippen molar-refractivity contribution < 1.29 is 9.18 Å². The lowest BCUT2D eigenvalue weighted by atomic mass is 10.0. The van der Waals surface area contributed by atoms with Crippen LogP contribution in [0.2, 0.25) is 0 Å². The maximum atomic E-state index is 13.1. The zero-order valence-electron chi connectivity index (χ0n) is 14.5. The second kappa shape index (κ2) is 6.17. The van der Waals surface area contributed by atoms with E-state index in [-0.39, 0.29) is 17.3 Å². The van der Waals surface area contributed by atoms with Gasteiger partial charge in [-0.05, 0) is 67.1 Å². The van der Waals surface area contributed by atoms with Gasteiger partial charge in [-0.1, -0.05) is 19.1 Å². The highest BCUT2D eigenvalue weighted by Crippen LogP contribution is 2.45. The molecule has 2 aromatic rings. The van der Waals surface area contributed by atoms with Crippen LogP contribution in [0.1, 0.15) is 42.1 Å². The van der Waals surface area contributed by atoms with Crippen LogP contribution in [0.5, 0.6) is 0 Å². The van der Waals surface area contributed by atoms with Gasteiger partial charge in [-0.2, -0.15) is 0 Å². The quantitative estimate of drug-likeness (QED) is 0.911. The summed E-state index contributed by atoms with van der Waals surface area (Å²) in [7, 11) is 0. The lowest BCUT2D eigenvalue weighted by Gasteiger charge is -2.20. The van der Waals surface area contributed by atoms with Crippen LogP contribution >= 0.6 is 0 Å². The van der Waals surface area contributed by atoms with Crippen molar-refractivity contribution >= 4 is 11.6 Å². The monoisotopic (exact) mass is 338 g/mol. The number of nitrogens with zero attached hydrogens (tertiary/aromatic N) is 1. The standard InChI is InChI=1S/C21H23FN2O/c1-15-10-13-24(14-15)19-8-2-16(3-9-19)20(25)23-21(11-12-21)17-4-6-18(22)7-5-17/h2-9,15H,10-14H2,1H3,(H,23,25). The summed E-state index contributed by atoms with van der Waals surface area (Å²) >= 11 is 0. The molecule has 2 aliphatic rings. The number of rotatable bonds is 4. The molecule has 1 saturated heterocycles. The van der Waals surface area contributed by atoms with E-state index in [1.165, 1.54) is 24.2 Å². The van der Waals surface area contributed by atoms with Crippen molar-refractivity contribution in [1.82, 2.24) is 5.32 Å². The molecule has 0 spiro atoms. The molecule has 1 N–H and O–H groups in total. The molecule has 1 atom stereocenters. The van der Waals surface area contributed by atoms with Crippen molar-refractivity contribution in [2.24, 2.45) is 5.92 Å².